The van der Waals surface area contributed by atoms with Crippen LogP contribution in [0.4, 0.5) is 0 Å². The van der Waals surface area contributed by atoms with Crippen molar-refractivity contribution in [2.24, 2.45) is 0 Å². The molecule has 8 heteroatoms. The molecule has 1 aliphatic heterocycles. The quantitative estimate of drug-likeness (QED) is 0.437. The fourth-order valence-electron chi connectivity index (χ4n) is 3.63. The minimum atomic E-state index is -0.435. The van der Waals surface area contributed by atoms with Gasteiger partial charge < -0.3 is 9.64 Å². The van der Waals surface area contributed by atoms with Crippen LogP contribution in [-0.2, 0) is 4.79 Å². The van der Waals surface area contributed by atoms with Crippen LogP contribution in [0.2, 0.25) is 5.02 Å². The number of piperidine rings is 1. The number of fused-ring (bicyclic) bond motifs is 1. The molecule has 3 aromatic rings. The van der Waals surface area contributed by atoms with E-state index in [1.165, 1.54) is 10.5 Å². The summed E-state index contributed by atoms with van der Waals surface area (Å²) in [5, 5.41) is 10.3. The number of ether oxygens (including phenoxy) is 1. The van der Waals surface area contributed by atoms with Crippen molar-refractivity contribution in [3.8, 4) is 17.7 Å². The van der Waals surface area contributed by atoms with Gasteiger partial charge in [-0.05, 0) is 68.2 Å². The molecule has 0 bridgehead atoms. The first kappa shape index (κ1) is 21.6. The second-order valence-corrected chi connectivity index (χ2v) is 8.01. The number of nitrogens with zero attached hydrogens (tertiary/aromatic N) is 4. The summed E-state index contributed by atoms with van der Waals surface area (Å²) in [6.07, 6.45) is 5.72. The summed E-state index contributed by atoms with van der Waals surface area (Å²) in [6.45, 7) is 3.03. The number of amides is 1. The standard InChI is InChI=1S/C24H21ClN4O3/c1-16-13-18(8-9-20(16)25)32-22-19(24(31)29-12-6-3-7-21(29)27-22)14-17(15-26)23(30)28-10-4-2-5-11-28/h3,6-9,12-14H,2,4-5,10-11H2,1H3/b17-14+. The molecule has 0 N–H and O–H groups in total. The maximum atomic E-state index is 13.3. The average Bonchev–Trinajstić information content (AvgIpc) is 2.81. The Morgan fingerprint density at radius 3 is 2.72 bits per heavy atom. The van der Waals surface area contributed by atoms with Gasteiger partial charge in [0.1, 0.15) is 28.6 Å². The molecule has 0 saturated carbocycles. The molecular formula is C24H21ClN4O3. The number of aromatic nitrogens is 2. The molecule has 1 amide bonds. The Morgan fingerprint density at radius 1 is 1.22 bits per heavy atom. The first-order chi connectivity index (χ1) is 15.5. The van der Waals surface area contributed by atoms with Crippen LogP contribution in [0.3, 0.4) is 0 Å². The minimum Gasteiger partial charge on any atom is -0.438 e. The van der Waals surface area contributed by atoms with Crippen LogP contribution >= 0.6 is 11.6 Å². The molecule has 0 spiro atoms. The number of benzene rings is 1. The zero-order chi connectivity index (χ0) is 22.7. The fraction of sp³-hybridized carbons (Fsp3) is 0.250. The van der Waals surface area contributed by atoms with E-state index in [9.17, 15) is 14.9 Å². The summed E-state index contributed by atoms with van der Waals surface area (Å²) >= 11 is 6.10. The van der Waals surface area contributed by atoms with E-state index >= 15 is 0 Å². The SMILES string of the molecule is Cc1cc(Oc2nc3ccccn3c(=O)c2/C=C(\C#N)C(=O)N2CCCCC2)ccc1Cl. The van der Waals surface area contributed by atoms with Gasteiger partial charge in [0.15, 0.2) is 0 Å². The van der Waals surface area contributed by atoms with Crippen LogP contribution in [0.15, 0.2) is 53.0 Å². The van der Waals surface area contributed by atoms with Crippen molar-refractivity contribution in [2.75, 3.05) is 13.1 Å². The van der Waals surface area contributed by atoms with Crippen molar-refractivity contribution in [3.63, 3.8) is 0 Å². The normalized spacial score (nSPS) is 14.3. The van der Waals surface area contributed by atoms with Gasteiger partial charge in [-0.15, -0.1) is 0 Å². The van der Waals surface area contributed by atoms with Crippen LogP contribution in [0.5, 0.6) is 11.6 Å². The zero-order valence-corrected chi connectivity index (χ0v) is 18.3. The summed E-state index contributed by atoms with van der Waals surface area (Å²) < 4.78 is 7.30. The van der Waals surface area contributed by atoms with E-state index in [0.717, 1.165) is 24.8 Å². The third-order valence-corrected chi connectivity index (χ3v) is 5.78. The van der Waals surface area contributed by atoms with Gasteiger partial charge in [0.25, 0.3) is 11.5 Å². The molecule has 32 heavy (non-hydrogen) atoms. The van der Waals surface area contributed by atoms with Crippen LogP contribution in [0.1, 0.15) is 30.4 Å². The third kappa shape index (κ3) is 4.36. The first-order valence-electron chi connectivity index (χ1n) is 10.3. The second kappa shape index (κ2) is 9.25. The predicted octanol–water partition coefficient (Wildman–Crippen LogP) is 4.37. The van der Waals surface area contributed by atoms with Crippen molar-refractivity contribution in [3.05, 3.63) is 74.7 Å². The molecule has 1 aliphatic rings. The highest BCUT2D eigenvalue weighted by molar-refractivity contribution is 6.31. The van der Waals surface area contributed by atoms with Gasteiger partial charge in [-0.2, -0.15) is 10.2 Å². The van der Waals surface area contributed by atoms with Crippen LogP contribution in [-0.4, -0.2) is 33.3 Å². The lowest BCUT2D eigenvalue weighted by Crippen LogP contribution is -2.36. The summed E-state index contributed by atoms with van der Waals surface area (Å²) in [5.74, 6) is 0.0646. The van der Waals surface area contributed by atoms with Crippen LogP contribution in [0.25, 0.3) is 11.7 Å². The highest BCUT2D eigenvalue weighted by Gasteiger charge is 2.22. The smallest absolute Gasteiger partial charge is 0.269 e. The Kier molecular flexibility index (Phi) is 6.24. The average molecular weight is 449 g/mol. The van der Waals surface area contributed by atoms with E-state index in [4.69, 9.17) is 16.3 Å². The van der Waals surface area contributed by atoms with Crippen molar-refractivity contribution in [2.45, 2.75) is 26.2 Å². The molecule has 1 fully saturated rings. The number of carbonyl (C=O) groups excluding carboxylic acids is 1. The number of aryl methyl sites for hydroxylation is 1. The number of hydrogen-bond acceptors (Lipinski definition) is 5. The number of hydrogen-bond donors (Lipinski definition) is 0. The van der Waals surface area contributed by atoms with Gasteiger partial charge in [0.2, 0.25) is 5.88 Å². The topological polar surface area (TPSA) is 87.7 Å². The molecule has 7 nitrogen and oxygen atoms in total. The van der Waals surface area contributed by atoms with Gasteiger partial charge in [-0.25, -0.2) is 0 Å². The van der Waals surface area contributed by atoms with Gasteiger partial charge in [0.05, 0.1) is 0 Å². The van der Waals surface area contributed by atoms with Crippen molar-refractivity contribution >= 4 is 29.2 Å². The molecule has 0 atom stereocenters. The zero-order valence-electron chi connectivity index (χ0n) is 17.5. The highest BCUT2D eigenvalue weighted by Crippen LogP contribution is 2.27. The molecule has 0 unspecified atom stereocenters. The molecule has 3 heterocycles. The summed E-state index contributed by atoms with van der Waals surface area (Å²) in [7, 11) is 0. The van der Waals surface area contributed by atoms with E-state index in [2.05, 4.69) is 4.98 Å². The molecule has 0 aliphatic carbocycles. The first-order valence-corrected chi connectivity index (χ1v) is 10.7. The van der Waals surface area contributed by atoms with Crippen molar-refractivity contribution in [1.82, 2.24) is 14.3 Å². The Morgan fingerprint density at radius 2 is 2.00 bits per heavy atom. The molecule has 4 rings (SSSR count). The molecular weight excluding hydrogens is 428 g/mol. The van der Waals surface area contributed by atoms with Crippen LogP contribution in [0, 0.1) is 18.3 Å². The van der Waals surface area contributed by atoms with Crippen molar-refractivity contribution < 1.29 is 9.53 Å². The summed E-state index contributed by atoms with van der Waals surface area (Å²) in [4.78, 5) is 32.3. The Balaban J connectivity index is 1.83. The number of nitriles is 1. The fourth-order valence-corrected chi connectivity index (χ4v) is 3.75. The maximum absolute atomic E-state index is 13.3. The number of carbonyl (C=O) groups is 1. The van der Waals surface area contributed by atoms with Gasteiger partial charge >= 0.3 is 0 Å². The van der Waals surface area contributed by atoms with Gasteiger partial charge in [-0.1, -0.05) is 17.7 Å². The molecule has 0 radical (unpaired) electrons. The molecule has 162 valence electrons. The molecule has 2 aromatic heterocycles. The molecule has 1 saturated heterocycles. The van der Waals surface area contributed by atoms with E-state index in [0.29, 0.717) is 29.5 Å². The number of rotatable bonds is 4. The third-order valence-electron chi connectivity index (χ3n) is 5.36. The van der Waals surface area contributed by atoms with Crippen LogP contribution < -0.4 is 10.3 Å². The highest BCUT2D eigenvalue weighted by atomic mass is 35.5. The summed E-state index contributed by atoms with van der Waals surface area (Å²) in [5.41, 5.74) is 0.658. The largest absolute Gasteiger partial charge is 0.438 e. The lowest BCUT2D eigenvalue weighted by molar-refractivity contribution is -0.127. The maximum Gasteiger partial charge on any atom is 0.269 e. The van der Waals surface area contributed by atoms with Gasteiger partial charge in [-0.3, -0.25) is 14.0 Å². The molecule has 1 aromatic carbocycles. The second-order valence-electron chi connectivity index (χ2n) is 7.60. The number of halogens is 1. The van der Waals surface area contributed by atoms with E-state index in [-0.39, 0.29) is 17.0 Å². The van der Waals surface area contributed by atoms with E-state index in [1.54, 1.807) is 47.5 Å². The van der Waals surface area contributed by atoms with Crippen molar-refractivity contribution in [1.29, 1.82) is 5.26 Å². The minimum absolute atomic E-state index is 0.0158. The lowest BCUT2D eigenvalue weighted by atomic mass is 10.1. The Labute approximate surface area is 190 Å². The predicted molar refractivity (Wildman–Crippen MR) is 122 cm³/mol. The number of likely N-dealkylation sites (tertiary alicyclic amines) is 1. The van der Waals surface area contributed by atoms with E-state index in [1.807, 2.05) is 13.0 Å². The van der Waals surface area contributed by atoms with E-state index < -0.39 is 11.5 Å². The number of pyridine rings is 1. The van der Waals surface area contributed by atoms with Gasteiger partial charge in [0, 0.05) is 24.3 Å². The Hall–Kier alpha value is -3.63. The lowest BCUT2D eigenvalue weighted by Gasteiger charge is -2.26. The summed E-state index contributed by atoms with van der Waals surface area (Å²) in [6, 6.07) is 12.2. The Bertz CT molecular complexity index is 1320. The monoisotopic (exact) mass is 448 g/mol.